The van der Waals surface area contributed by atoms with Gasteiger partial charge in [-0.15, -0.1) is 0 Å². The van der Waals surface area contributed by atoms with Crippen LogP contribution in [0.4, 0.5) is 0 Å². The van der Waals surface area contributed by atoms with Gasteiger partial charge in [-0.05, 0) is 18.9 Å². The van der Waals surface area contributed by atoms with Gasteiger partial charge < -0.3 is 0 Å². The lowest BCUT2D eigenvalue weighted by molar-refractivity contribution is -0.120. The topological polar surface area (TPSA) is 29.4 Å². The van der Waals surface area contributed by atoms with Crippen molar-refractivity contribution in [2.45, 2.75) is 20.3 Å². The molecule has 1 rings (SSSR count). The highest BCUT2D eigenvalue weighted by molar-refractivity contribution is 5.81. The van der Waals surface area contributed by atoms with Crippen LogP contribution < -0.4 is 0 Å². The van der Waals surface area contributed by atoms with Gasteiger partial charge in [0.25, 0.3) is 0 Å². The highest BCUT2D eigenvalue weighted by Gasteiger charge is 2.09. The van der Waals surface area contributed by atoms with Gasteiger partial charge in [-0.2, -0.15) is 0 Å². The van der Waals surface area contributed by atoms with Crippen LogP contribution in [0.3, 0.4) is 0 Å². The molecule has 0 saturated carbocycles. The number of hydrogen-bond donors (Lipinski definition) is 0. The third kappa shape index (κ3) is 4.07. The fourth-order valence-electron chi connectivity index (χ4n) is 1.37. The number of carbonyl (C=O) groups excluding carboxylic acids is 1. The second kappa shape index (κ2) is 6.12. The average molecular weight is 203 g/mol. The summed E-state index contributed by atoms with van der Waals surface area (Å²) in [4.78, 5) is 15.4. The lowest BCUT2D eigenvalue weighted by atomic mass is 10.0. The Labute approximate surface area is 91.0 Å². The first-order valence-electron chi connectivity index (χ1n) is 5.29. The normalized spacial score (nSPS) is 12.9. The molecule has 0 aliphatic rings. The van der Waals surface area contributed by atoms with E-state index >= 15 is 0 Å². The van der Waals surface area contributed by atoms with Gasteiger partial charge in [0.15, 0.2) is 0 Å². The van der Waals surface area contributed by atoms with Crippen molar-refractivity contribution in [3.8, 4) is 0 Å². The van der Waals surface area contributed by atoms with Gasteiger partial charge in [0.2, 0.25) is 0 Å². The molecule has 0 aliphatic carbocycles. The van der Waals surface area contributed by atoms with E-state index in [9.17, 15) is 4.79 Å². The van der Waals surface area contributed by atoms with Gasteiger partial charge in [-0.25, -0.2) is 0 Å². The zero-order valence-electron chi connectivity index (χ0n) is 9.31. The first-order chi connectivity index (χ1) is 7.24. The van der Waals surface area contributed by atoms with E-state index in [1.165, 1.54) is 0 Å². The third-order valence-electron chi connectivity index (χ3n) is 2.43. The number of Topliss-reactive ketones (excluding diaryl/α,β-unsaturated/α-hetero) is 1. The van der Waals surface area contributed by atoms with Crippen molar-refractivity contribution >= 4 is 12.0 Å². The van der Waals surface area contributed by atoms with E-state index in [-0.39, 0.29) is 11.7 Å². The van der Waals surface area contributed by atoms with Crippen LogP contribution in [0.1, 0.15) is 25.8 Å². The van der Waals surface area contributed by atoms with Crippen LogP contribution in [-0.4, -0.2) is 18.5 Å². The summed E-state index contributed by atoms with van der Waals surface area (Å²) in [5.74, 6) is 0.299. The monoisotopic (exact) mass is 203 g/mol. The molecule has 2 nitrogen and oxygen atoms in total. The van der Waals surface area contributed by atoms with E-state index in [0.717, 1.165) is 12.0 Å². The predicted octanol–water partition coefficient (Wildman–Crippen LogP) is 2.72. The Bertz CT molecular complexity index is 330. The molecule has 0 bridgehead atoms. The van der Waals surface area contributed by atoms with Gasteiger partial charge in [0.1, 0.15) is 5.78 Å². The zero-order valence-corrected chi connectivity index (χ0v) is 9.31. The number of nitrogens with zero attached hydrogens (tertiary/aromatic N) is 1. The molecule has 80 valence electrons. The largest absolute Gasteiger partial charge is 0.300 e. The van der Waals surface area contributed by atoms with Crippen LogP contribution in [0.5, 0.6) is 0 Å². The molecular weight excluding hydrogens is 186 g/mol. The summed E-state index contributed by atoms with van der Waals surface area (Å²) >= 11 is 0. The molecular formula is C13H17NO. The van der Waals surface area contributed by atoms with Gasteiger partial charge in [0, 0.05) is 18.7 Å². The minimum atomic E-state index is 0.0740. The predicted molar refractivity (Wildman–Crippen MR) is 63.4 cm³/mol. The molecule has 0 heterocycles. The zero-order chi connectivity index (χ0) is 11.1. The number of benzene rings is 1. The summed E-state index contributed by atoms with van der Waals surface area (Å²) in [6.45, 7) is 4.25. The molecule has 0 fully saturated rings. The summed E-state index contributed by atoms with van der Waals surface area (Å²) in [5, 5.41) is 0. The number of aliphatic imine (C=N–C) groups is 1. The Morgan fingerprint density at radius 2 is 2.07 bits per heavy atom. The van der Waals surface area contributed by atoms with Crippen molar-refractivity contribution in [2.24, 2.45) is 10.9 Å². The molecule has 15 heavy (non-hydrogen) atoms. The number of rotatable bonds is 5. The second-order valence-electron chi connectivity index (χ2n) is 3.62. The molecule has 1 unspecified atom stereocenters. The first kappa shape index (κ1) is 11.6. The van der Waals surface area contributed by atoms with E-state index < -0.39 is 0 Å². The van der Waals surface area contributed by atoms with Gasteiger partial charge in [-0.1, -0.05) is 37.3 Å². The van der Waals surface area contributed by atoms with Crippen LogP contribution in [0.15, 0.2) is 35.3 Å². The first-order valence-corrected chi connectivity index (χ1v) is 5.29. The minimum Gasteiger partial charge on any atom is -0.300 e. The lowest BCUT2D eigenvalue weighted by Crippen LogP contribution is -2.13. The molecule has 0 spiro atoms. The van der Waals surface area contributed by atoms with E-state index in [0.29, 0.717) is 6.54 Å². The Kier molecular flexibility index (Phi) is 4.75. The van der Waals surface area contributed by atoms with Crippen molar-refractivity contribution < 1.29 is 4.79 Å². The summed E-state index contributed by atoms with van der Waals surface area (Å²) in [6, 6.07) is 9.92. The molecule has 0 radical (unpaired) electrons. The molecule has 1 atom stereocenters. The summed E-state index contributed by atoms with van der Waals surface area (Å²) < 4.78 is 0. The van der Waals surface area contributed by atoms with Crippen LogP contribution in [0.25, 0.3) is 0 Å². The number of ketones is 1. The Morgan fingerprint density at radius 3 is 2.60 bits per heavy atom. The molecule has 2 heteroatoms. The molecule has 0 amide bonds. The highest BCUT2D eigenvalue weighted by Crippen LogP contribution is 2.04. The highest BCUT2D eigenvalue weighted by atomic mass is 16.1. The van der Waals surface area contributed by atoms with Crippen molar-refractivity contribution in [1.82, 2.24) is 0 Å². The Hall–Kier alpha value is -1.44. The van der Waals surface area contributed by atoms with Crippen LogP contribution >= 0.6 is 0 Å². The van der Waals surface area contributed by atoms with Crippen molar-refractivity contribution in [3.05, 3.63) is 35.9 Å². The number of hydrogen-bond acceptors (Lipinski definition) is 2. The average Bonchev–Trinajstić information content (AvgIpc) is 2.25. The maximum absolute atomic E-state index is 11.1. The summed E-state index contributed by atoms with van der Waals surface area (Å²) in [5.41, 5.74) is 1.08. The quantitative estimate of drug-likeness (QED) is 0.676. The van der Waals surface area contributed by atoms with Crippen molar-refractivity contribution in [2.75, 3.05) is 6.54 Å². The van der Waals surface area contributed by atoms with E-state index in [1.807, 2.05) is 43.5 Å². The Morgan fingerprint density at radius 1 is 1.40 bits per heavy atom. The molecule has 1 aromatic rings. The fraction of sp³-hybridized carbons (Fsp3) is 0.385. The minimum absolute atomic E-state index is 0.0740. The van der Waals surface area contributed by atoms with Gasteiger partial charge in [0.05, 0.1) is 0 Å². The van der Waals surface area contributed by atoms with Gasteiger partial charge in [-0.3, -0.25) is 9.79 Å². The smallest absolute Gasteiger partial charge is 0.134 e. The number of carbonyl (C=O) groups is 1. The lowest BCUT2D eigenvalue weighted by Gasteiger charge is -2.06. The molecule has 0 aliphatic heterocycles. The SMILES string of the molecule is CCC(C/N=C/c1ccccc1)C(C)=O. The van der Waals surface area contributed by atoms with E-state index in [4.69, 9.17) is 0 Å². The fourth-order valence-corrected chi connectivity index (χ4v) is 1.37. The summed E-state index contributed by atoms with van der Waals surface area (Å²) in [6.07, 6.45) is 2.69. The van der Waals surface area contributed by atoms with E-state index in [2.05, 4.69) is 4.99 Å². The molecule has 0 aromatic heterocycles. The summed E-state index contributed by atoms with van der Waals surface area (Å²) in [7, 11) is 0. The van der Waals surface area contributed by atoms with Crippen LogP contribution in [-0.2, 0) is 4.79 Å². The molecule has 0 N–H and O–H groups in total. The van der Waals surface area contributed by atoms with Gasteiger partial charge >= 0.3 is 0 Å². The van der Waals surface area contributed by atoms with Crippen LogP contribution in [0.2, 0.25) is 0 Å². The Balaban J connectivity index is 2.49. The third-order valence-corrected chi connectivity index (χ3v) is 2.43. The van der Waals surface area contributed by atoms with Crippen molar-refractivity contribution in [3.63, 3.8) is 0 Å². The second-order valence-corrected chi connectivity index (χ2v) is 3.62. The molecule has 1 aromatic carbocycles. The van der Waals surface area contributed by atoms with Crippen molar-refractivity contribution in [1.29, 1.82) is 0 Å². The van der Waals surface area contributed by atoms with Crippen LogP contribution in [0, 0.1) is 5.92 Å². The maximum atomic E-state index is 11.1. The standard InChI is InChI=1S/C13H17NO/c1-3-13(11(2)15)10-14-9-12-7-5-4-6-8-12/h4-9,13H,3,10H2,1-2H3/b14-9+. The molecule has 0 saturated heterocycles. The van der Waals surface area contributed by atoms with E-state index in [1.54, 1.807) is 6.92 Å². The maximum Gasteiger partial charge on any atom is 0.134 e.